The first-order chi connectivity index (χ1) is 12.8. The van der Waals surface area contributed by atoms with Crippen molar-refractivity contribution in [1.82, 2.24) is 9.88 Å². The third-order valence-electron chi connectivity index (χ3n) is 4.67. The minimum atomic E-state index is -0.440. The van der Waals surface area contributed by atoms with Crippen LogP contribution in [-0.4, -0.2) is 35.8 Å². The van der Waals surface area contributed by atoms with Crippen molar-refractivity contribution >= 4 is 22.7 Å². The minimum Gasteiger partial charge on any atom is -0.366 e. The Labute approximate surface area is 158 Å². The number of hydrogen-bond donors (Lipinski definition) is 1. The molecular formula is C22H23N3O2. The molecule has 1 heterocycles. The number of nitrogens with zero attached hydrogens (tertiary/aromatic N) is 2. The lowest BCUT2D eigenvalue weighted by Crippen LogP contribution is -2.21. The molecule has 0 unspecified atom stereocenters. The summed E-state index contributed by atoms with van der Waals surface area (Å²) in [5.74, 6) is -0.316. The van der Waals surface area contributed by atoms with E-state index in [1.165, 1.54) is 0 Å². The number of fused-ring (bicyclic) bond motifs is 1. The lowest BCUT2D eigenvalue weighted by Gasteiger charge is -2.11. The first-order valence-electron chi connectivity index (χ1n) is 8.86. The van der Waals surface area contributed by atoms with Gasteiger partial charge >= 0.3 is 0 Å². The molecule has 0 aliphatic rings. The van der Waals surface area contributed by atoms with Crippen LogP contribution in [0.4, 0.5) is 0 Å². The van der Waals surface area contributed by atoms with Gasteiger partial charge in [0.25, 0.3) is 0 Å². The maximum atomic E-state index is 11.8. The molecule has 5 heteroatoms. The molecule has 0 aliphatic heterocycles. The van der Waals surface area contributed by atoms with Crippen LogP contribution in [0.2, 0.25) is 0 Å². The number of benzene rings is 2. The van der Waals surface area contributed by atoms with Crippen LogP contribution in [0, 0.1) is 6.92 Å². The van der Waals surface area contributed by atoms with Gasteiger partial charge in [-0.1, -0.05) is 18.2 Å². The number of hydrogen-bond acceptors (Lipinski definition) is 3. The Bertz CT molecular complexity index is 1010. The molecule has 5 nitrogen and oxygen atoms in total. The van der Waals surface area contributed by atoms with Crippen molar-refractivity contribution in [1.29, 1.82) is 0 Å². The highest BCUT2D eigenvalue weighted by Gasteiger charge is 2.09. The second-order valence-electron chi connectivity index (χ2n) is 6.91. The number of amides is 2. The third kappa shape index (κ3) is 4.14. The second-order valence-corrected chi connectivity index (χ2v) is 6.91. The van der Waals surface area contributed by atoms with Gasteiger partial charge in [0, 0.05) is 37.0 Å². The van der Waals surface area contributed by atoms with E-state index in [1.54, 1.807) is 31.1 Å². The quantitative estimate of drug-likeness (QED) is 0.757. The molecule has 2 aromatic carbocycles. The van der Waals surface area contributed by atoms with E-state index in [4.69, 9.17) is 10.7 Å². The Kier molecular flexibility index (Phi) is 5.21. The highest BCUT2D eigenvalue weighted by atomic mass is 16.2. The first-order valence-corrected chi connectivity index (χ1v) is 8.86. The van der Waals surface area contributed by atoms with E-state index in [2.05, 4.69) is 13.0 Å². The average Bonchev–Trinajstić information content (AvgIpc) is 2.66. The SMILES string of the molecule is Cc1cc(-c2ccc(C(N)=O)cc2)nc2ccc(CCC(=O)N(C)C)cc12. The summed E-state index contributed by atoms with van der Waals surface area (Å²) in [5, 5.41) is 1.09. The summed E-state index contributed by atoms with van der Waals surface area (Å²) >= 11 is 0. The number of nitrogens with two attached hydrogens (primary N) is 1. The van der Waals surface area contributed by atoms with E-state index in [1.807, 2.05) is 30.3 Å². The minimum absolute atomic E-state index is 0.125. The van der Waals surface area contributed by atoms with Crippen LogP contribution >= 0.6 is 0 Å². The van der Waals surface area contributed by atoms with Gasteiger partial charge in [-0.05, 0) is 54.8 Å². The highest BCUT2D eigenvalue weighted by Crippen LogP contribution is 2.26. The molecule has 0 spiro atoms. The van der Waals surface area contributed by atoms with Gasteiger partial charge in [0.05, 0.1) is 11.2 Å². The van der Waals surface area contributed by atoms with Gasteiger partial charge in [-0.3, -0.25) is 9.59 Å². The number of carbonyl (C=O) groups is 2. The predicted molar refractivity (Wildman–Crippen MR) is 107 cm³/mol. The van der Waals surface area contributed by atoms with Crippen LogP contribution in [0.5, 0.6) is 0 Å². The van der Waals surface area contributed by atoms with Crippen molar-refractivity contribution < 1.29 is 9.59 Å². The van der Waals surface area contributed by atoms with E-state index < -0.39 is 5.91 Å². The summed E-state index contributed by atoms with van der Waals surface area (Å²) in [6.45, 7) is 2.06. The van der Waals surface area contributed by atoms with E-state index in [-0.39, 0.29) is 5.91 Å². The number of aryl methyl sites for hydroxylation is 2. The van der Waals surface area contributed by atoms with Crippen LogP contribution in [-0.2, 0) is 11.2 Å². The van der Waals surface area contributed by atoms with Crippen LogP contribution in [0.3, 0.4) is 0 Å². The summed E-state index contributed by atoms with van der Waals surface area (Å²) in [6.07, 6.45) is 1.21. The molecule has 27 heavy (non-hydrogen) atoms. The molecule has 1 aromatic heterocycles. The van der Waals surface area contributed by atoms with Crippen LogP contribution in [0.15, 0.2) is 48.5 Å². The molecule has 0 fully saturated rings. The zero-order chi connectivity index (χ0) is 19.6. The Morgan fingerprint density at radius 3 is 2.37 bits per heavy atom. The zero-order valence-corrected chi connectivity index (χ0v) is 15.8. The summed E-state index contributed by atoms with van der Waals surface area (Å²) in [4.78, 5) is 29.4. The summed E-state index contributed by atoms with van der Waals surface area (Å²) in [5.41, 5.74) is 10.7. The first kappa shape index (κ1) is 18.6. The molecule has 0 bridgehead atoms. The molecule has 0 radical (unpaired) electrons. The van der Waals surface area contributed by atoms with Crippen molar-refractivity contribution in [3.8, 4) is 11.3 Å². The fourth-order valence-electron chi connectivity index (χ4n) is 3.02. The number of rotatable bonds is 5. The molecule has 0 saturated carbocycles. The summed E-state index contributed by atoms with van der Waals surface area (Å²) in [6, 6.07) is 15.3. The summed E-state index contributed by atoms with van der Waals surface area (Å²) in [7, 11) is 3.54. The fraction of sp³-hybridized carbons (Fsp3) is 0.227. The average molecular weight is 361 g/mol. The number of pyridine rings is 1. The van der Waals surface area contributed by atoms with Crippen molar-refractivity contribution in [2.24, 2.45) is 5.73 Å². The fourth-order valence-corrected chi connectivity index (χ4v) is 3.02. The van der Waals surface area contributed by atoms with Crippen LogP contribution in [0.1, 0.15) is 27.9 Å². The van der Waals surface area contributed by atoms with Gasteiger partial charge in [-0.2, -0.15) is 0 Å². The van der Waals surface area contributed by atoms with E-state index in [9.17, 15) is 9.59 Å². The van der Waals surface area contributed by atoms with Crippen molar-refractivity contribution in [2.75, 3.05) is 14.1 Å². The Morgan fingerprint density at radius 1 is 1.04 bits per heavy atom. The Balaban J connectivity index is 1.90. The highest BCUT2D eigenvalue weighted by molar-refractivity contribution is 5.93. The molecular weight excluding hydrogens is 338 g/mol. The van der Waals surface area contributed by atoms with Crippen LogP contribution < -0.4 is 5.73 Å². The van der Waals surface area contributed by atoms with Gasteiger partial charge in [0.2, 0.25) is 11.8 Å². The predicted octanol–water partition coefficient (Wildman–Crippen LogP) is 3.33. The summed E-state index contributed by atoms with van der Waals surface area (Å²) < 4.78 is 0. The molecule has 0 saturated heterocycles. The Morgan fingerprint density at radius 2 is 1.74 bits per heavy atom. The largest absolute Gasteiger partial charge is 0.366 e. The van der Waals surface area contributed by atoms with Gasteiger partial charge in [0.1, 0.15) is 0 Å². The molecule has 0 atom stereocenters. The van der Waals surface area contributed by atoms with Crippen LogP contribution in [0.25, 0.3) is 22.2 Å². The zero-order valence-electron chi connectivity index (χ0n) is 15.8. The Hall–Kier alpha value is -3.21. The normalized spacial score (nSPS) is 10.8. The van der Waals surface area contributed by atoms with Gasteiger partial charge < -0.3 is 10.6 Å². The molecule has 2 amide bonds. The topological polar surface area (TPSA) is 76.3 Å². The van der Waals surface area contributed by atoms with Gasteiger partial charge in [-0.15, -0.1) is 0 Å². The van der Waals surface area contributed by atoms with Crippen molar-refractivity contribution in [3.63, 3.8) is 0 Å². The van der Waals surface area contributed by atoms with E-state index in [0.29, 0.717) is 18.4 Å². The molecule has 3 aromatic rings. The number of carbonyl (C=O) groups excluding carboxylic acids is 2. The molecule has 3 rings (SSSR count). The lowest BCUT2D eigenvalue weighted by atomic mass is 10.0. The number of primary amides is 1. The second kappa shape index (κ2) is 7.58. The van der Waals surface area contributed by atoms with E-state index >= 15 is 0 Å². The van der Waals surface area contributed by atoms with Gasteiger partial charge in [0.15, 0.2) is 0 Å². The van der Waals surface area contributed by atoms with Crippen molar-refractivity contribution in [2.45, 2.75) is 19.8 Å². The molecule has 0 aliphatic carbocycles. The smallest absolute Gasteiger partial charge is 0.248 e. The monoisotopic (exact) mass is 361 g/mol. The number of aromatic nitrogens is 1. The van der Waals surface area contributed by atoms with Gasteiger partial charge in [-0.25, -0.2) is 4.98 Å². The standard InChI is InChI=1S/C22H23N3O2/c1-14-12-20(16-6-8-17(9-7-16)22(23)27)24-19-10-4-15(13-18(14)19)5-11-21(26)25(2)3/h4,6-10,12-13H,5,11H2,1-3H3,(H2,23,27). The molecule has 138 valence electrons. The third-order valence-corrected chi connectivity index (χ3v) is 4.67. The maximum Gasteiger partial charge on any atom is 0.248 e. The lowest BCUT2D eigenvalue weighted by molar-refractivity contribution is -0.128. The molecule has 2 N–H and O–H groups in total. The maximum absolute atomic E-state index is 11.8. The van der Waals surface area contributed by atoms with Crippen molar-refractivity contribution in [3.05, 3.63) is 65.2 Å². The van der Waals surface area contributed by atoms with E-state index in [0.717, 1.165) is 33.3 Å².